The normalized spacial score (nSPS) is 10.6. The van der Waals surface area contributed by atoms with E-state index in [4.69, 9.17) is 4.74 Å². The standard InChI is InChI=1S/C18H14N2O5S2/c1-26-15-5-3-2-4-13(15)19-17(21)10-25-18(22)16-9-11-8-12(20(23)24)6-7-14(11)27-16/h2-9H,10H2,1H3,(H,19,21). The van der Waals surface area contributed by atoms with Crippen molar-refractivity contribution in [1.82, 2.24) is 0 Å². The molecule has 0 fully saturated rings. The fourth-order valence-electron chi connectivity index (χ4n) is 2.38. The van der Waals surface area contributed by atoms with Crippen molar-refractivity contribution in [2.75, 3.05) is 18.2 Å². The molecule has 0 aliphatic carbocycles. The van der Waals surface area contributed by atoms with Gasteiger partial charge in [0.2, 0.25) is 0 Å². The third kappa shape index (κ3) is 4.44. The number of nitrogens with zero attached hydrogens (tertiary/aromatic N) is 1. The van der Waals surface area contributed by atoms with E-state index in [2.05, 4.69) is 5.32 Å². The lowest BCUT2D eigenvalue weighted by Gasteiger charge is -2.09. The van der Waals surface area contributed by atoms with Gasteiger partial charge in [-0.15, -0.1) is 23.1 Å². The summed E-state index contributed by atoms with van der Waals surface area (Å²) in [6, 6.07) is 13.2. The Morgan fingerprint density at radius 3 is 2.74 bits per heavy atom. The van der Waals surface area contributed by atoms with Crippen LogP contribution in [0.3, 0.4) is 0 Å². The Labute approximate surface area is 162 Å². The lowest BCUT2D eigenvalue weighted by Crippen LogP contribution is -2.20. The molecule has 138 valence electrons. The van der Waals surface area contributed by atoms with Crippen molar-refractivity contribution in [2.24, 2.45) is 0 Å². The van der Waals surface area contributed by atoms with E-state index in [0.717, 1.165) is 20.9 Å². The number of rotatable bonds is 6. The molecule has 3 rings (SSSR count). The van der Waals surface area contributed by atoms with Crippen LogP contribution in [-0.4, -0.2) is 29.7 Å². The first-order chi connectivity index (χ1) is 13.0. The summed E-state index contributed by atoms with van der Waals surface area (Å²) >= 11 is 2.65. The van der Waals surface area contributed by atoms with Crippen molar-refractivity contribution in [3.63, 3.8) is 0 Å². The van der Waals surface area contributed by atoms with Crippen LogP contribution in [0.15, 0.2) is 53.4 Å². The van der Waals surface area contributed by atoms with Gasteiger partial charge in [-0.25, -0.2) is 4.79 Å². The van der Waals surface area contributed by atoms with Crippen LogP contribution in [0.4, 0.5) is 11.4 Å². The molecule has 0 atom stereocenters. The quantitative estimate of drug-likeness (QED) is 0.285. The van der Waals surface area contributed by atoms with Gasteiger partial charge in [0.05, 0.1) is 10.6 Å². The minimum Gasteiger partial charge on any atom is -0.451 e. The second kappa shape index (κ2) is 8.19. The van der Waals surface area contributed by atoms with Crippen LogP contribution in [0.25, 0.3) is 10.1 Å². The fraction of sp³-hybridized carbons (Fsp3) is 0.111. The number of non-ortho nitro benzene ring substituents is 1. The molecule has 9 heteroatoms. The number of carbonyl (C=O) groups excluding carboxylic acids is 2. The molecule has 0 spiro atoms. The highest BCUT2D eigenvalue weighted by Crippen LogP contribution is 2.29. The van der Waals surface area contributed by atoms with Crippen molar-refractivity contribution < 1.29 is 19.2 Å². The molecule has 1 N–H and O–H groups in total. The number of anilines is 1. The molecule has 1 amide bonds. The molecular weight excluding hydrogens is 388 g/mol. The number of amides is 1. The monoisotopic (exact) mass is 402 g/mol. The summed E-state index contributed by atoms with van der Waals surface area (Å²) in [5.74, 6) is -1.09. The number of ether oxygens (including phenoxy) is 1. The summed E-state index contributed by atoms with van der Waals surface area (Å²) in [4.78, 5) is 35.7. The molecule has 27 heavy (non-hydrogen) atoms. The number of hydrogen-bond donors (Lipinski definition) is 1. The van der Waals surface area contributed by atoms with E-state index in [0.29, 0.717) is 11.1 Å². The Hall–Kier alpha value is -2.91. The maximum atomic E-state index is 12.2. The highest BCUT2D eigenvalue weighted by Gasteiger charge is 2.16. The number of nitro benzene ring substituents is 1. The van der Waals surface area contributed by atoms with Crippen molar-refractivity contribution in [2.45, 2.75) is 4.90 Å². The lowest BCUT2D eigenvalue weighted by atomic mass is 10.2. The molecule has 1 aromatic heterocycles. The van der Waals surface area contributed by atoms with Crippen LogP contribution in [0.5, 0.6) is 0 Å². The molecule has 0 saturated carbocycles. The van der Waals surface area contributed by atoms with Crippen molar-refractivity contribution in [3.05, 3.63) is 63.5 Å². The predicted octanol–water partition coefficient (Wildman–Crippen LogP) is 4.33. The van der Waals surface area contributed by atoms with E-state index in [1.54, 1.807) is 18.2 Å². The van der Waals surface area contributed by atoms with Gasteiger partial charge in [-0.2, -0.15) is 0 Å². The number of nitrogens with one attached hydrogen (secondary N) is 1. The van der Waals surface area contributed by atoms with Gasteiger partial charge in [0.25, 0.3) is 11.6 Å². The summed E-state index contributed by atoms with van der Waals surface area (Å²) in [5, 5.41) is 14.1. The first-order valence-electron chi connectivity index (χ1n) is 7.76. The Kier molecular flexibility index (Phi) is 5.72. The van der Waals surface area contributed by atoms with E-state index in [-0.39, 0.29) is 10.6 Å². The Morgan fingerprint density at radius 1 is 1.22 bits per heavy atom. The maximum Gasteiger partial charge on any atom is 0.348 e. The van der Waals surface area contributed by atoms with E-state index in [1.807, 2.05) is 18.4 Å². The molecule has 0 radical (unpaired) electrons. The van der Waals surface area contributed by atoms with Crippen molar-refractivity contribution in [1.29, 1.82) is 0 Å². The SMILES string of the molecule is CSc1ccccc1NC(=O)COC(=O)c1cc2cc([N+](=O)[O-])ccc2s1. The van der Waals surface area contributed by atoms with E-state index >= 15 is 0 Å². The van der Waals surface area contributed by atoms with Gasteiger partial charge >= 0.3 is 5.97 Å². The number of fused-ring (bicyclic) bond motifs is 1. The van der Waals surface area contributed by atoms with Gasteiger partial charge in [-0.3, -0.25) is 14.9 Å². The van der Waals surface area contributed by atoms with Crippen LogP contribution in [-0.2, 0) is 9.53 Å². The molecular formula is C18H14N2O5S2. The van der Waals surface area contributed by atoms with E-state index in [9.17, 15) is 19.7 Å². The average Bonchev–Trinajstić information content (AvgIpc) is 3.10. The first kappa shape index (κ1) is 18.9. The van der Waals surface area contributed by atoms with Crippen molar-refractivity contribution >= 4 is 56.4 Å². The zero-order valence-electron chi connectivity index (χ0n) is 14.1. The molecule has 0 unspecified atom stereocenters. The molecule has 0 bridgehead atoms. The molecule has 3 aromatic rings. The van der Waals surface area contributed by atoms with Crippen LogP contribution in [0.1, 0.15) is 9.67 Å². The fourth-order valence-corrected chi connectivity index (χ4v) is 3.87. The zero-order valence-corrected chi connectivity index (χ0v) is 15.8. The maximum absolute atomic E-state index is 12.2. The van der Waals surface area contributed by atoms with Crippen molar-refractivity contribution in [3.8, 4) is 0 Å². The summed E-state index contributed by atoms with van der Waals surface area (Å²) < 4.78 is 5.79. The number of para-hydroxylation sites is 1. The van der Waals surface area contributed by atoms with Crippen LogP contribution >= 0.6 is 23.1 Å². The van der Waals surface area contributed by atoms with Crippen LogP contribution in [0, 0.1) is 10.1 Å². The second-order valence-corrected chi connectivity index (χ2v) is 7.35. The summed E-state index contributed by atoms with van der Waals surface area (Å²) in [6.45, 7) is -0.421. The molecule has 0 aliphatic rings. The number of hydrogen-bond acceptors (Lipinski definition) is 7. The van der Waals surface area contributed by atoms with Gasteiger partial charge in [0, 0.05) is 27.1 Å². The Balaban J connectivity index is 1.64. The molecule has 1 heterocycles. The number of carbonyl (C=O) groups is 2. The summed E-state index contributed by atoms with van der Waals surface area (Å²) in [6.07, 6.45) is 1.90. The number of thiophene rings is 1. The minimum absolute atomic E-state index is 0.0490. The highest BCUT2D eigenvalue weighted by molar-refractivity contribution is 7.98. The highest BCUT2D eigenvalue weighted by atomic mass is 32.2. The molecule has 0 aliphatic heterocycles. The van der Waals surface area contributed by atoms with Gasteiger partial charge in [0.1, 0.15) is 4.88 Å². The van der Waals surface area contributed by atoms with E-state index < -0.39 is 23.4 Å². The number of esters is 1. The minimum atomic E-state index is -0.646. The number of thioether (sulfide) groups is 1. The summed E-state index contributed by atoms with van der Waals surface area (Å²) in [7, 11) is 0. The van der Waals surface area contributed by atoms with Gasteiger partial charge in [0.15, 0.2) is 6.61 Å². The van der Waals surface area contributed by atoms with Gasteiger partial charge in [-0.1, -0.05) is 12.1 Å². The topological polar surface area (TPSA) is 98.5 Å². The Morgan fingerprint density at radius 2 is 2.00 bits per heavy atom. The predicted molar refractivity (Wildman–Crippen MR) is 106 cm³/mol. The molecule has 0 saturated heterocycles. The van der Waals surface area contributed by atoms with E-state index in [1.165, 1.54) is 30.0 Å². The zero-order chi connectivity index (χ0) is 19.4. The molecule has 2 aromatic carbocycles. The molecule has 7 nitrogen and oxygen atoms in total. The smallest absolute Gasteiger partial charge is 0.348 e. The third-order valence-electron chi connectivity index (χ3n) is 3.63. The second-order valence-electron chi connectivity index (χ2n) is 5.41. The van der Waals surface area contributed by atoms with Gasteiger partial charge < -0.3 is 10.1 Å². The number of benzene rings is 2. The van der Waals surface area contributed by atoms with Gasteiger partial charge in [-0.05, 0) is 30.5 Å². The first-order valence-corrected chi connectivity index (χ1v) is 9.80. The average molecular weight is 402 g/mol. The summed E-state index contributed by atoms with van der Waals surface area (Å²) in [5.41, 5.74) is 0.604. The Bertz CT molecular complexity index is 1030. The number of nitro groups is 1. The largest absolute Gasteiger partial charge is 0.451 e. The third-order valence-corrected chi connectivity index (χ3v) is 5.52. The van der Waals surface area contributed by atoms with Crippen LogP contribution < -0.4 is 5.32 Å². The van der Waals surface area contributed by atoms with Crippen LogP contribution in [0.2, 0.25) is 0 Å². The lowest BCUT2D eigenvalue weighted by molar-refractivity contribution is -0.384.